The van der Waals surface area contributed by atoms with E-state index in [0.717, 1.165) is 12.1 Å². The lowest BCUT2D eigenvalue weighted by Gasteiger charge is -2.34. The Kier molecular flexibility index (Phi) is 10.0. The van der Waals surface area contributed by atoms with E-state index in [0.29, 0.717) is 44.3 Å². The second-order valence-electron chi connectivity index (χ2n) is 10.9. The molecule has 43 heavy (non-hydrogen) atoms. The normalized spacial score (nSPS) is 20.0. The minimum atomic E-state index is -4.86. The topological polar surface area (TPSA) is 119 Å². The van der Waals surface area contributed by atoms with Crippen LogP contribution in [0.25, 0.3) is 0 Å². The molecule has 2 fully saturated rings. The van der Waals surface area contributed by atoms with Gasteiger partial charge >= 0.3 is 18.3 Å². The Labute approximate surface area is 243 Å². The number of aliphatic hydroxyl groups is 1. The van der Waals surface area contributed by atoms with Crippen LogP contribution in [-0.4, -0.2) is 70.4 Å². The van der Waals surface area contributed by atoms with Gasteiger partial charge in [-0.1, -0.05) is 12.1 Å². The largest absolute Gasteiger partial charge is 0.481 e. The van der Waals surface area contributed by atoms with Crippen molar-refractivity contribution in [1.82, 2.24) is 15.3 Å². The number of rotatable bonds is 10. The first-order valence-electron chi connectivity index (χ1n) is 14.0. The Morgan fingerprint density at radius 2 is 1.63 bits per heavy atom. The molecule has 9 nitrogen and oxygen atoms in total. The van der Waals surface area contributed by atoms with Gasteiger partial charge < -0.3 is 25.3 Å². The molecule has 0 aliphatic carbocycles. The minimum absolute atomic E-state index is 0.0455. The third-order valence-electron chi connectivity index (χ3n) is 7.76. The zero-order valence-electron chi connectivity index (χ0n) is 23.2. The van der Waals surface area contributed by atoms with Crippen molar-refractivity contribution >= 4 is 23.5 Å². The maximum atomic E-state index is 13.8. The van der Waals surface area contributed by atoms with E-state index in [1.165, 1.54) is 23.1 Å². The van der Waals surface area contributed by atoms with Crippen molar-refractivity contribution in [1.29, 1.82) is 0 Å². The summed E-state index contributed by atoms with van der Waals surface area (Å²) in [4.78, 5) is 34.3. The maximum absolute atomic E-state index is 13.8. The molecule has 2 aromatic rings. The Morgan fingerprint density at radius 1 is 0.977 bits per heavy atom. The van der Waals surface area contributed by atoms with Gasteiger partial charge in [0.2, 0.25) is 11.7 Å². The molecule has 2 saturated heterocycles. The molecule has 236 valence electrons. The summed E-state index contributed by atoms with van der Waals surface area (Å²) < 4.78 is 79.8. The number of nitrogens with zero attached hydrogens (tertiary/aromatic N) is 4. The van der Waals surface area contributed by atoms with Gasteiger partial charge in [0.25, 0.3) is 0 Å². The Morgan fingerprint density at radius 3 is 2.23 bits per heavy atom. The number of aliphatic hydroxyl groups excluding tert-OH is 1. The summed E-state index contributed by atoms with van der Waals surface area (Å²) in [5.74, 6) is -2.65. The van der Waals surface area contributed by atoms with Crippen LogP contribution in [0.2, 0.25) is 0 Å². The van der Waals surface area contributed by atoms with Crippen molar-refractivity contribution in [3.05, 3.63) is 47.3 Å². The SMILES string of the molecule is O=C(O)CCCC1CCN(c2cc(N3C[C@H](O)C[C@H]3C(=O)NCCc3ccc(C(F)(F)F)cc3)nc(C(F)(F)F)n2)CC1. The van der Waals surface area contributed by atoms with Gasteiger partial charge in [0.1, 0.15) is 17.7 Å². The number of piperidine rings is 1. The van der Waals surface area contributed by atoms with Crippen LogP contribution >= 0.6 is 0 Å². The number of benzene rings is 1. The molecular weight excluding hydrogens is 584 g/mol. The molecule has 1 amide bonds. The number of carboxylic acids is 1. The third-order valence-corrected chi connectivity index (χ3v) is 7.76. The van der Waals surface area contributed by atoms with E-state index in [2.05, 4.69) is 15.3 Å². The number of hydrogen-bond acceptors (Lipinski definition) is 7. The van der Waals surface area contributed by atoms with E-state index in [4.69, 9.17) is 5.11 Å². The van der Waals surface area contributed by atoms with Crippen molar-refractivity contribution in [2.75, 3.05) is 36.0 Å². The van der Waals surface area contributed by atoms with Crippen molar-refractivity contribution < 1.29 is 46.1 Å². The summed E-state index contributed by atoms with van der Waals surface area (Å²) in [6.45, 7) is 0.773. The third kappa shape index (κ3) is 8.71. The molecule has 1 aromatic heterocycles. The predicted octanol–water partition coefficient (Wildman–Crippen LogP) is 4.28. The number of nitrogens with one attached hydrogen (secondary N) is 1. The number of carbonyl (C=O) groups is 2. The number of β-amino-alcohol motifs (C(OH)–C–C–N with tert-alkyl or cyclic N) is 1. The smallest absolute Gasteiger partial charge is 0.451 e. The zero-order valence-corrected chi connectivity index (χ0v) is 23.2. The van der Waals surface area contributed by atoms with E-state index >= 15 is 0 Å². The molecule has 2 aliphatic rings. The number of aliphatic carboxylic acids is 1. The fraction of sp³-hybridized carbons (Fsp3) is 0.571. The highest BCUT2D eigenvalue weighted by Crippen LogP contribution is 2.34. The van der Waals surface area contributed by atoms with Crippen LogP contribution in [0, 0.1) is 5.92 Å². The van der Waals surface area contributed by atoms with E-state index in [1.54, 1.807) is 4.90 Å². The fourth-order valence-corrected chi connectivity index (χ4v) is 5.47. The second-order valence-corrected chi connectivity index (χ2v) is 10.9. The molecular formula is C28H33F6N5O4. The molecule has 0 radical (unpaired) electrons. The van der Waals surface area contributed by atoms with Crippen LogP contribution in [-0.2, 0) is 28.4 Å². The number of carboxylic acid groups (broad SMARTS) is 1. The van der Waals surface area contributed by atoms with E-state index in [1.807, 2.05) is 0 Å². The molecule has 2 atom stereocenters. The van der Waals surface area contributed by atoms with Gasteiger partial charge in [0.15, 0.2) is 0 Å². The van der Waals surface area contributed by atoms with Crippen LogP contribution in [0.3, 0.4) is 0 Å². The number of aromatic nitrogens is 2. The van der Waals surface area contributed by atoms with Crippen molar-refractivity contribution in [2.45, 2.75) is 69.4 Å². The quantitative estimate of drug-likeness (QED) is 0.338. The Hall–Kier alpha value is -3.62. The molecule has 1 aromatic carbocycles. The highest BCUT2D eigenvalue weighted by atomic mass is 19.4. The van der Waals surface area contributed by atoms with Gasteiger partial charge in [-0.2, -0.15) is 26.3 Å². The second kappa shape index (κ2) is 13.3. The van der Waals surface area contributed by atoms with E-state index in [9.17, 15) is 41.0 Å². The first kappa shape index (κ1) is 32.3. The lowest BCUT2D eigenvalue weighted by Crippen LogP contribution is -2.44. The van der Waals surface area contributed by atoms with E-state index in [-0.39, 0.29) is 49.9 Å². The average molecular weight is 618 g/mol. The first-order chi connectivity index (χ1) is 20.2. The number of amides is 1. The van der Waals surface area contributed by atoms with Gasteiger partial charge in [-0.05, 0) is 55.7 Å². The van der Waals surface area contributed by atoms with Gasteiger partial charge in [-0.25, -0.2) is 9.97 Å². The molecule has 0 spiro atoms. The van der Waals surface area contributed by atoms with Gasteiger partial charge in [0.05, 0.1) is 11.7 Å². The molecule has 3 N–H and O–H groups in total. The number of halogens is 6. The summed E-state index contributed by atoms with van der Waals surface area (Å²) in [6.07, 6.45) is -7.53. The summed E-state index contributed by atoms with van der Waals surface area (Å²) in [7, 11) is 0. The summed E-state index contributed by atoms with van der Waals surface area (Å²) in [5.41, 5.74) is -0.240. The minimum Gasteiger partial charge on any atom is -0.481 e. The lowest BCUT2D eigenvalue weighted by atomic mass is 9.91. The number of alkyl halides is 6. The highest BCUT2D eigenvalue weighted by Gasteiger charge is 2.41. The van der Waals surface area contributed by atoms with Crippen molar-refractivity contribution in [3.63, 3.8) is 0 Å². The van der Waals surface area contributed by atoms with Gasteiger partial charge in [-0.15, -0.1) is 0 Å². The average Bonchev–Trinajstić information content (AvgIpc) is 3.34. The van der Waals surface area contributed by atoms with Crippen LogP contribution in [0.4, 0.5) is 38.0 Å². The Bertz CT molecular complexity index is 1270. The molecule has 0 unspecified atom stereocenters. The van der Waals surface area contributed by atoms with Crippen molar-refractivity contribution in [2.24, 2.45) is 5.92 Å². The maximum Gasteiger partial charge on any atom is 0.451 e. The Balaban J connectivity index is 1.44. The fourth-order valence-electron chi connectivity index (χ4n) is 5.47. The molecule has 3 heterocycles. The van der Waals surface area contributed by atoms with Gasteiger partial charge in [0, 0.05) is 45.1 Å². The van der Waals surface area contributed by atoms with Crippen LogP contribution in [0.5, 0.6) is 0 Å². The van der Waals surface area contributed by atoms with E-state index < -0.39 is 47.8 Å². The highest BCUT2D eigenvalue weighted by molar-refractivity contribution is 5.86. The zero-order chi connectivity index (χ0) is 31.4. The molecule has 0 saturated carbocycles. The lowest BCUT2D eigenvalue weighted by molar-refractivity contribution is -0.145. The summed E-state index contributed by atoms with van der Waals surface area (Å²) in [6, 6.07) is 4.85. The first-order valence-corrected chi connectivity index (χ1v) is 14.0. The molecule has 2 aliphatic heterocycles. The van der Waals surface area contributed by atoms with Gasteiger partial charge in [-0.3, -0.25) is 9.59 Å². The molecule has 0 bridgehead atoms. The summed E-state index contributed by atoms with van der Waals surface area (Å²) >= 11 is 0. The number of hydrogen-bond donors (Lipinski definition) is 3. The molecule has 4 rings (SSSR count). The number of carbonyl (C=O) groups excluding carboxylic acids is 1. The van der Waals surface area contributed by atoms with Crippen LogP contribution in [0.15, 0.2) is 30.3 Å². The van der Waals surface area contributed by atoms with Crippen LogP contribution < -0.4 is 15.1 Å². The predicted molar refractivity (Wildman–Crippen MR) is 143 cm³/mol. The monoisotopic (exact) mass is 617 g/mol. The number of anilines is 2. The van der Waals surface area contributed by atoms with Crippen molar-refractivity contribution in [3.8, 4) is 0 Å². The standard InChI is InChI=1S/C28H33F6N5O4/c29-27(30,31)19-6-4-18(5-7-19)8-11-35-25(43)21-14-20(40)16-39(21)23-15-22(36-26(37-23)28(32,33)34)38-12-9-17(10-13-38)2-1-3-24(41)42/h4-7,15,17,20-21,40H,1-3,8-14,16H2,(H,35,43)(H,41,42)/t20-,21+/m1/s1. The summed E-state index contributed by atoms with van der Waals surface area (Å²) in [5, 5.41) is 21.8. The molecule has 15 heteroatoms. The van der Waals surface area contributed by atoms with Crippen LogP contribution in [0.1, 0.15) is 55.5 Å².